The number of rotatable bonds is 8. The Morgan fingerprint density at radius 1 is 0.586 bits per heavy atom. The van der Waals surface area contributed by atoms with Crippen LogP contribution < -0.4 is 0 Å². The van der Waals surface area contributed by atoms with E-state index in [4.69, 9.17) is 9.68 Å². The lowest BCUT2D eigenvalue weighted by molar-refractivity contribution is -0.298. The number of piperidine rings is 2. The molecule has 2 radical (unpaired) electrons. The molecule has 6 heteroatoms. The number of hydrogen-bond acceptors (Lipinski definition) is 4. The molecule has 0 spiro atoms. The molecule has 29 heavy (non-hydrogen) atoms. The minimum atomic E-state index is -0.516. The minimum absolute atomic E-state index is 0.234. The Morgan fingerprint density at radius 3 is 1.14 bits per heavy atom. The van der Waals surface area contributed by atoms with E-state index in [0.717, 1.165) is 19.3 Å². The minimum Gasteiger partial charge on any atom is -0.298 e. The molecule has 2 saturated heterocycles. The van der Waals surface area contributed by atoms with Crippen LogP contribution in [0.4, 0.5) is 0 Å². The van der Waals surface area contributed by atoms with Crippen molar-refractivity contribution in [3.8, 4) is 0 Å². The van der Waals surface area contributed by atoms with Crippen LogP contribution in [0.5, 0.6) is 0 Å². The highest BCUT2D eigenvalue weighted by Gasteiger charge is 2.47. The predicted octanol–water partition coefficient (Wildman–Crippen LogP) is 4.92. The highest BCUT2D eigenvalue weighted by Crippen LogP contribution is 2.40. The smallest absolute Gasteiger partial charge is 0.0966 e. The second-order valence-electron chi connectivity index (χ2n) is 11.6. The number of unbranched alkanes of at least 4 members (excludes halogenated alkanes) is 2. The van der Waals surface area contributed by atoms with Crippen LogP contribution in [0.15, 0.2) is 0 Å². The van der Waals surface area contributed by atoms with E-state index in [1.807, 2.05) is 0 Å². The summed E-state index contributed by atoms with van der Waals surface area (Å²) >= 11 is 0. The van der Waals surface area contributed by atoms with Gasteiger partial charge in [0.05, 0.1) is 25.4 Å². The van der Waals surface area contributed by atoms with Gasteiger partial charge in [-0.05, 0) is 100 Å². The topological polar surface area (TPSA) is 64.7 Å². The largest absolute Gasteiger partial charge is 0.298 e. The van der Waals surface area contributed by atoms with Crippen molar-refractivity contribution in [3.63, 3.8) is 0 Å². The average Bonchev–Trinajstić information content (AvgIpc) is 2.47. The monoisotopic (exact) mass is 412 g/mol. The molecule has 2 aliphatic heterocycles. The molecule has 2 heterocycles. The Bertz CT molecular complexity index is 451. The van der Waals surface area contributed by atoms with E-state index in [-0.39, 0.29) is 22.2 Å². The van der Waals surface area contributed by atoms with Crippen molar-refractivity contribution in [3.05, 3.63) is 0 Å². The summed E-state index contributed by atoms with van der Waals surface area (Å²) in [6, 6.07) is 0. The zero-order valence-electron chi connectivity index (χ0n) is 20.0. The third-order valence-corrected chi connectivity index (χ3v) is 6.34. The lowest BCUT2D eigenvalue weighted by atomic mass is 9.80. The zero-order chi connectivity index (χ0) is 22.1. The summed E-state index contributed by atoms with van der Waals surface area (Å²) in [4.78, 5) is 12.3. The molecular formula is C23H44N2O4. The molecule has 0 unspecified atom stereocenters. The Kier molecular flexibility index (Phi) is 7.85. The van der Waals surface area contributed by atoms with Gasteiger partial charge >= 0.3 is 0 Å². The molecule has 0 aromatic carbocycles. The van der Waals surface area contributed by atoms with Crippen molar-refractivity contribution in [1.29, 1.82) is 0 Å². The quantitative estimate of drug-likeness (QED) is 0.531. The summed E-state index contributed by atoms with van der Waals surface area (Å²) < 4.78 is 0. The molecule has 6 nitrogen and oxygen atoms in total. The highest BCUT2D eigenvalue weighted by atomic mass is 16.7. The van der Waals surface area contributed by atoms with E-state index in [9.17, 15) is 10.2 Å². The standard InChI is InChI=1S/C23H44N2O4/c1-20(2)14-18(26)15-21(3,4)24(20)28-12-10-9-11-13-29-25-22(5,6)16-19(27)17-23(25,7)8/h18-19H,9-17H2,1-8H3. The third-order valence-electron chi connectivity index (χ3n) is 6.34. The molecule has 0 aromatic rings. The molecule has 2 fully saturated rings. The van der Waals surface area contributed by atoms with Crippen LogP contribution >= 0.6 is 0 Å². The first-order valence-electron chi connectivity index (χ1n) is 11.4. The number of hydroxylamine groups is 4. The van der Waals surface area contributed by atoms with Crippen LogP contribution in [-0.4, -0.2) is 57.7 Å². The van der Waals surface area contributed by atoms with E-state index in [1.54, 1.807) is 0 Å². The Morgan fingerprint density at radius 2 is 0.862 bits per heavy atom. The number of nitrogens with zero attached hydrogens (tertiary/aromatic N) is 2. The normalized spacial score (nSPS) is 27.9. The van der Waals surface area contributed by atoms with Gasteiger partial charge in [0.15, 0.2) is 0 Å². The van der Waals surface area contributed by atoms with Gasteiger partial charge < -0.3 is 0 Å². The van der Waals surface area contributed by atoms with E-state index in [2.05, 4.69) is 65.5 Å². The Labute approximate surface area is 178 Å². The van der Waals surface area contributed by atoms with Gasteiger partial charge in [-0.2, -0.15) is 10.1 Å². The Balaban J connectivity index is 1.71. The summed E-state index contributed by atoms with van der Waals surface area (Å²) in [5.74, 6) is 0. The van der Waals surface area contributed by atoms with Gasteiger partial charge in [0.25, 0.3) is 0 Å². The van der Waals surface area contributed by atoms with Crippen LogP contribution in [0.25, 0.3) is 0 Å². The van der Waals surface area contributed by atoms with E-state index < -0.39 is 12.2 Å². The van der Waals surface area contributed by atoms with Crippen LogP contribution in [0.2, 0.25) is 0 Å². The van der Waals surface area contributed by atoms with Gasteiger partial charge in [-0.1, -0.05) is 0 Å². The van der Waals surface area contributed by atoms with Crippen molar-refractivity contribution >= 4 is 0 Å². The van der Waals surface area contributed by atoms with Gasteiger partial charge in [0.2, 0.25) is 0 Å². The summed E-state index contributed by atoms with van der Waals surface area (Å²) in [5, 5.41) is 28.3. The zero-order valence-corrected chi connectivity index (χ0v) is 20.0. The fourth-order valence-corrected chi connectivity index (χ4v) is 5.73. The predicted molar refractivity (Wildman–Crippen MR) is 113 cm³/mol. The highest BCUT2D eigenvalue weighted by molar-refractivity contribution is 4.97. The molecule has 170 valence electrons. The van der Waals surface area contributed by atoms with Crippen molar-refractivity contribution in [1.82, 2.24) is 10.1 Å². The first-order chi connectivity index (χ1) is 13.2. The molecule has 0 atom stereocenters. The van der Waals surface area contributed by atoms with Crippen LogP contribution in [0.3, 0.4) is 0 Å². The lowest BCUT2D eigenvalue weighted by Gasteiger charge is -2.52. The summed E-state index contributed by atoms with van der Waals surface area (Å²) in [7, 11) is 0. The lowest BCUT2D eigenvalue weighted by Crippen LogP contribution is -2.61. The average molecular weight is 413 g/mol. The summed E-state index contributed by atoms with van der Waals surface area (Å²) in [5.41, 5.74) is -0.936. The molecular weight excluding hydrogens is 368 g/mol. The summed E-state index contributed by atoms with van der Waals surface area (Å²) in [6.07, 6.45) is 4.40. The second kappa shape index (κ2) is 9.09. The summed E-state index contributed by atoms with van der Waals surface area (Å²) in [6.45, 7) is 18.1. The van der Waals surface area contributed by atoms with Crippen molar-refractivity contribution in [2.75, 3.05) is 13.2 Å². The second-order valence-corrected chi connectivity index (χ2v) is 11.6. The van der Waals surface area contributed by atoms with Crippen molar-refractivity contribution < 1.29 is 19.9 Å². The third kappa shape index (κ3) is 6.37. The first-order valence-corrected chi connectivity index (χ1v) is 11.4. The maximum absolute atomic E-state index is 12.1. The Hall–Kier alpha value is -0.240. The molecule has 2 rings (SSSR count). The van der Waals surface area contributed by atoms with Gasteiger partial charge in [-0.3, -0.25) is 9.68 Å². The fraction of sp³-hybridized carbons (Fsp3) is 1.00. The molecule has 0 saturated carbocycles. The van der Waals surface area contributed by atoms with E-state index >= 15 is 0 Å². The number of hydrogen-bond donors (Lipinski definition) is 0. The molecule has 0 aromatic heterocycles. The SMILES string of the molecule is CC1(C)CC([O])CC(C)(C)N1OCCCCCON1C(C)(C)CC([O])CC1(C)C. The van der Waals surface area contributed by atoms with E-state index in [1.165, 1.54) is 0 Å². The fourth-order valence-electron chi connectivity index (χ4n) is 5.73. The molecule has 0 N–H and O–H groups in total. The molecule has 0 aliphatic carbocycles. The van der Waals surface area contributed by atoms with Crippen LogP contribution in [0, 0.1) is 0 Å². The van der Waals surface area contributed by atoms with Gasteiger partial charge in [0.1, 0.15) is 0 Å². The van der Waals surface area contributed by atoms with Crippen LogP contribution in [-0.2, 0) is 19.9 Å². The molecule has 2 aliphatic rings. The van der Waals surface area contributed by atoms with Gasteiger partial charge in [0, 0.05) is 22.2 Å². The molecule has 0 amide bonds. The van der Waals surface area contributed by atoms with Gasteiger partial charge in [-0.15, -0.1) is 0 Å². The van der Waals surface area contributed by atoms with Crippen LogP contribution in [0.1, 0.15) is 100 Å². The molecule has 0 bridgehead atoms. The van der Waals surface area contributed by atoms with Crippen molar-refractivity contribution in [2.24, 2.45) is 0 Å². The van der Waals surface area contributed by atoms with Gasteiger partial charge in [-0.25, -0.2) is 10.2 Å². The first kappa shape index (κ1) is 25.0. The maximum atomic E-state index is 12.1. The van der Waals surface area contributed by atoms with Crippen molar-refractivity contribution in [2.45, 2.75) is 135 Å². The maximum Gasteiger partial charge on any atom is 0.0966 e. The van der Waals surface area contributed by atoms with E-state index in [0.29, 0.717) is 38.9 Å².